The first-order chi connectivity index (χ1) is 11.6. The summed E-state index contributed by atoms with van der Waals surface area (Å²) in [7, 11) is 0. The summed E-state index contributed by atoms with van der Waals surface area (Å²) in [5.74, 6) is 0.614. The van der Waals surface area contributed by atoms with E-state index >= 15 is 0 Å². The molecule has 3 heterocycles. The maximum atomic E-state index is 12.4. The quantitative estimate of drug-likeness (QED) is 0.390. The van der Waals surface area contributed by atoms with Crippen molar-refractivity contribution in [3.05, 3.63) is 64.8 Å². The van der Waals surface area contributed by atoms with Gasteiger partial charge in [-0.1, -0.05) is 6.07 Å². The van der Waals surface area contributed by atoms with Crippen LogP contribution in [0.3, 0.4) is 0 Å². The summed E-state index contributed by atoms with van der Waals surface area (Å²) < 4.78 is 0. The number of aromatic nitrogens is 3. The SMILES string of the molecule is Cc1ccc(N)cc1Nc1nc2ccncc2c2c(=O)[nH]ccc12. The van der Waals surface area contributed by atoms with Crippen LogP contribution < -0.4 is 16.6 Å². The number of hydrogen-bond donors (Lipinski definition) is 3. The van der Waals surface area contributed by atoms with Gasteiger partial charge in [-0.05, 0) is 36.8 Å². The molecule has 118 valence electrons. The highest BCUT2D eigenvalue weighted by Crippen LogP contribution is 2.29. The molecular formula is C18H15N5O. The van der Waals surface area contributed by atoms with Crippen molar-refractivity contribution < 1.29 is 0 Å². The van der Waals surface area contributed by atoms with Gasteiger partial charge in [0.25, 0.3) is 5.56 Å². The molecular weight excluding hydrogens is 302 g/mol. The Morgan fingerprint density at radius 2 is 2.04 bits per heavy atom. The lowest BCUT2D eigenvalue weighted by molar-refractivity contribution is 1.26. The largest absolute Gasteiger partial charge is 0.399 e. The first-order valence-electron chi connectivity index (χ1n) is 7.52. The second-order valence-electron chi connectivity index (χ2n) is 5.65. The molecule has 0 spiro atoms. The molecule has 0 radical (unpaired) electrons. The summed E-state index contributed by atoms with van der Waals surface area (Å²) in [5, 5.41) is 5.34. The minimum absolute atomic E-state index is 0.166. The molecule has 4 N–H and O–H groups in total. The van der Waals surface area contributed by atoms with Gasteiger partial charge in [0.05, 0.1) is 10.9 Å². The normalized spacial score (nSPS) is 11.0. The summed E-state index contributed by atoms with van der Waals surface area (Å²) >= 11 is 0. The Bertz CT molecular complexity index is 1130. The summed E-state index contributed by atoms with van der Waals surface area (Å²) in [6.45, 7) is 1.99. The van der Waals surface area contributed by atoms with E-state index in [1.807, 2.05) is 31.2 Å². The number of nitrogens with two attached hydrogens (primary N) is 1. The predicted molar refractivity (Wildman–Crippen MR) is 96.5 cm³/mol. The Hall–Kier alpha value is -3.41. The Balaban J connectivity index is 2.02. The molecule has 3 aromatic heterocycles. The number of benzene rings is 1. The van der Waals surface area contributed by atoms with Crippen LogP contribution >= 0.6 is 0 Å². The maximum Gasteiger partial charge on any atom is 0.256 e. The van der Waals surface area contributed by atoms with Crippen LogP contribution in [-0.2, 0) is 0 Å². The van der Waals surface area contributed by atoms with Gasteiger partial charge in [-0.25, -0.2) is 4.98 Å². The minimum atomic E-state index is -0.166. The number of aryl methyl sites for hydroxylation is 1. The molecule has 4 rings (SSSR count). The fourth-order valence-electron chi connectivity index (χ4n) is 2.80. The number of pyridine rings is 3. The van der Waals surface area contributed by atoms with Crippen molar-refractivity contribution in [2.24, 2.45) is 0 Å². The van der Waals surface area contributed by atoms with Crippen LogP contribution in [0.2, 0.25) is 0 Å². The average Bonchev–Trinajstić information content (AvgIpc) is 2.58. The van der Waals surface area contributed by atoms with Crippen molar-refractivity contribution >= 4 is 38.9 Å². The minimum Gasteiger partial charge on any atom is -0.399 e. The van der Waals surface area contributed by atoms with E-state index in [-0.39, 0.29) is 5.56 Å². The van der Waals surface area contributed by atoms with Crippen LogP contribution in [-0.4, -0.2) is 15.0 Å². The van der Waals surface area contributed by atoms with Gasteiger partial charge in [-0.15, -0.1) is 0 Å². The molecule has 0 amide bonds. The molecule has 0 aliphatic heterocycles. The third-order valence-electron chi connectivity index (χ3n) is 4.03. The zero-order chi connectivity index (χ0) is 16.7. The highest BCUT2D eigenvalue weighted by molar-refractivity contribution is 6.09. The zero-order valence-corrected chi connectivity index (χ0v) is 13.0. The Kier molecular flexibility index (Phi) is 3.16. The number of fused-ring (bicyclic) bond motifs is 3. The summed E-state index contributed by atoms with van der Waals surface area (Å²) in [4.78, 5) is 23.9. The van der Waals surface area contributed by atoms with E-state index in [2.05, 4.69) is 20.3 Å². The standard InChI is InChI=1S/C18H15N5O/c1-10-2-3-11(19)8-15(10)23-17-12-4-7-21-18(24)16(12)13-9-20-6-5-14(13)22-17/h2-9H,19H2,1H3,(H,21,24)(H,22,23). The van der Waals surface area contributed by atoms with Crippen LogP contribution in [0.15, 0.2) is 53.7 Å². The third-order valence-corrected chi connectivity index (χ3v) is 4.03. The molecule has 0 fully saturated rings. The predicted octanol–water partition coefficient (Wildman–Crippen LogP) is 3.11. The van der Waals surface area contributed by atoms with Crippen molar-refractivity contribution in [3.8, 4) is 0 Å². The number of nitrogen functional groups attached to an aromatic ring is 1. The summed E-state index contributed by atoms with van der Waals surface area (Å²) in [6.07, 6.45) is 4.94. The first kappa shape index (κ1) is 14.2. The van der Waals surface area contributed by atoms with E-state index in [4.69, 9.17) is 5.73 Å². The van der Waals surface area contributed by atoms with Crippen LogP contribution in [0.1, 0.15) is 5.56 Å². The van der Waals surface area contributed by atoms with Crippen molar-refractivity contribution in [1.29, 1.82) is 0 Å². The molecule has 0 saturated heterocycles. The lowest BCUT2D eigenvalue weighted by atomic mass is 10.1. The Labute approximate surface area is 137 Å². The van der Waals surface area contributed by atoms with Crippen LogP contribution in [0, 0.1) is 6.92 Å². The summed E-state index contributed by atoms with van der Waals surface area (Å²) in [6, 6.07) is 9.27. The number of aromatic amines is 1. The number of rotatable bonds is 2. The highest BCUT2D eigenvalue weighted by Gasteiger charge is 2.12. The molecule has 0 aliphatic carbocycles. The molecule has 24 heavy (non-hydrogen) atoms. The number of nitrogens with one attached hydrogen (secondary N) is 2. The lowest BCUT2D eigenvalue weighted by Crippen LogP contribution is -2.08. The summed E-state index contributed by atoms with van der Waals surface area (Å²) in [5.41, 5.74) is 8.99. The van der Waals surface area contributed by atoms with Gasteiger partial charge in [0.2, 0.25) is 0 Å². The molecule has 6 nitrogen and oxygen atoms in total. The molecule has 0 saturated carbocycles. The van der Waals surface area contributed by atoms with Crippen molar-refractivity contribution in [3.63, 3.8) is 0 Å². The molecule has 4 aromatic rings. The van der Waals surface area contributed by atoms with Gasteiger partial charge in [0.15, 0.2) is 0 Å². The topological polar surface area (TPSA) is 96.7 Å². The average molecular weight is 317 g/mol. The second-order valence-corrected chi connectivity index (χ2v) is 5.65. The molecule has 6 heteroatoms. The molecule has 1 aromatic carbocycles. The number of hydrogen-bond acceptors (Lipinski definition) is 5. The lowest BCUT2D eigenvalue weighted by Gasteiger charge is -2.13. The molecule has 0 bridgehead atoms. The van der Waals surface area contributed by atoms with Gasteiger partial charge in [0.1, 0.15) is 5.82 Å². The second kappa shape index (κ2) is 5.34. The third kappa shape index (κ3) is 2.25. The van der Waals surface area contributed by atoms with Gasteiger partial charge in [0, 0.05) is 40.7 Å². The van der Waals surface area contributed by atoms with Crippen molar-refractivity contribution in [2.45, 2.75) is 6.92 Å². The van der Waals surface area contributed by atoms with Crippen LogP contribution in [0.4, 0.5) is 17.2 Å². The first-order valence-corrected chi connectivity index (χ1v) is 7.52. The monoisotopic (exact) mass is 317 g/mol. The number of anilines is 3. The highest BCUT2D eigenvalue weighted by atomic mass is 16.1. The van der Waals surface area contributed by atoms with Crippen LogP contribution in [0.5, 0.6) is 0 Å². The Morgan fingerprint density at radius 3 is 2.92 bits per heavy atom. The van der Waals surface area contributed by atoms with E-state index in [9.17, 15) is 4.79 Å². The number of nitrogens with zero attached hydrogens (tertiary/aromatic N) is 2. The molecule has 0 aliphatic rings. The molecule has 0 atom stereocenters. The smallest absolute Gasteiger partial charge is 0.256 e. The van der Waals surface area contributed by atoms with Gasteiger partial charge in [-0.3, -0.25) is 9.78 Å². The zero-order valence-electron chi connectivity index (χ0n) is 13.0. The van der Waals surface area contributed by atoms with Gasteiger partial charge < -0.3 is 16.0 Å². The number of H-pyrrole nitrogens is 1. The van der Waals surface area contributed by atoms with E-state index in [0.717, 1.165) is 22.0 Å². The van der Waals surface area contributed by atoms with Crippen molar-refractivity contribution in [1.82, 2.24) is 15.0 Å². The van der Waals surface area contributed by atoms with E-state index in [0.29, 0.717) is 22.4 Å². The fraction of sp³-hybridized carbons (Fsp3) is 0.0556. The van der Waals surface area contributed by atoms with Gasteiger partial charge in [-0.2, -0.15) is 0 Å². The Morgan fingerprint density at radius 1 is 1.17 bits per heavy atom. The van der Waals surface area contributed by atoms with Crippen LogP contribution in [0.25, 0.3) is 21.7 Å². The van der Waals surface area contributed by atoms with E-state index in [1.165, 1.54) is 0 Å². The fourth-order valence-corrected chi connectivity index (χ4v) is 2.80. The molecule has 0 unspecified atom stereocenters. The van der Waals surface area contributed by atoms with Gasteiger partial charge >= 0.3 is 0 Å². The van der Waals surface area contributed by atoms with E-state index in [1.54, 1.807) is 24.7 Å². The van der Waals surface area contributed by atoms with E-state index < -0.39 is 0 Å². The van der Waals surface area contributed by atoms with Crippen molar-refractivity contribution in [2.75, 3.05) is 11.1 Å². The maximum absolute atomic E-state index is 12.4.